The third-order valence-electron chi connectivity index (χ3n) is 6.46. The monoisotopic (exact) mass is 702 g/mol. The Labute approximate surface area is 281 Å². The van der Waals surface area contributed by atoms with Crippen LogP contribution in [0.2, 0.25) is 0 Å². The molecule has 258 valence electrons. The molecule has 8 heterocycles. The average molecular weight is 703 g/mol. The highest BCUT2D eigenvalue weighted by Gasteiger charge is 2.18. The zero-order valence-corrected chi connectivity index (χ0v) is 27.1. The van der Waals surface area contributed by atoms with Crippen LogP contribution < -0.4 is 22.5 Å². The van der Waals surface area contributed by atoms with Crippen molar-refractivity contribution in [2.24, 2.45) is 5.73 Å². The maximum absolute atomic E-state index is 11.4. The first-order valence-electron chi connectivity index (χ1n) is 14.6. The van der Waals surface area contributed by atoms with E-state index >= 15 is 0 Å². The highest BCUT2D eigenvalue weighted by Crippen LogP contribution is 2.19. The summed E-state index contributed by atoms with van der Waals surface area (Å²) in [4.78, 5) is 38.1. The lowest BCUT2D eigenvalue weighted by atomic mass is 10.3. The van der Waals surface area contributed by atoms with E-state index in [1.54, 1.807) is 55.6 Å². The molecule has 0 atom stereocenters. The number of nitrogens with two attached hydrogens (primary N) is 3. The molecule has 0 fully saturated rings. The van der Waals surface area contributed by atoms with Crippen LogP contribution in [0.25, 0.3) is 34.7 Å². The number of aromatic nitrogens is 14. The molecule has 0 aromatic carbocycles. The number of hydrogen-bond donors (Lipinski definition) is 6. The van der Waals surface area contributed by atoms with Gasteiger partial charge in [0.05, 0.1) is 25.2 Å². The molecule has 8 aromatic rings. The van der Waals surface area contributed by atoms with Gasteiger partial charge in [-0.15, -0.1) is 10.2 Å². The quantitative estimate of drug-likeness (QED) is 0.119. The van der Waals surface area contributed by atoms with E-state index in [1.807, 2.05) is 0 Å². The van der Waals surface area contributed by atoms with Gasteiger partial charge in [0.2, 0.25) is 39.3 Å². The molecule has 0 bridgehead atoms. The smallest absolute Gasteiger partial charge is 0.259 e. The number of aromatic amines is 2. The summed E-state index contributed by atoms with van der Waals surface area (Å²) in [5.41, 5.74) is 18.9. The van der Waals surface area contributed by atoms with Crippen molar-refractivity contribution in [3.05, 3.63) is 73.2 Å². The minimum atomic E-state index is -3.57. The molecule has 0 saturated carbocycles. The molecule has 0 unspecified atom stereocenters. The Hall–Kier alpha value is -6.75. The van der Waals surface area contributed by atoms with Crippen LogP contribution in [0, 0.1) is 0 Å². The topological polar surface area (TPSA) is 320 Å². The lowest BCUT2D eigenvalue weighted by Gasteiger charge is -2.04. The molecule has 0 radical (unpaired) electrons. The number of furan rings is 2. The summed E-state index contributed by atoms with van der Waals surface area (Å²) >= 11 is 0. The van der Waals surface area contributed by atoms with Crippen LogP contribution in [0.1, 0.15) is 11.4 Å². The van der Waals surface area contributed by atoms with E-state index in [0.717, 1.165) is 35.0 Å². The number of hydrogen-bond acceptors (Lipinski definition) is 18. The van der Waals surface area contributed by atoms with Gasteiger partial charge in [-0.2, -0.15) is 38.9 Å². The predicted molar refractivity (Wildman–Crippen MR) is 177 cm³/mol. The van der Waals surface area contributed by atoms with Crippen molar-refractivity contribution in [2.75, 3.05) is 36.1 Å². The third kappa shape index (κ3) is 7.85. The minimum absolute atomic E-state index is 0.0410. The molecule has 8 rings (SSSR count). The van der Waals surface area contributed by atoms with Crippen LogP contribution in [-0.4, -0.2) is 96.8 Å². The molecule has 50 heavy (non-hydrogen) atoms. The SMILES string of the molecule is CS(=O)(=O)c1nc(N)n2nc(-c3ccco3)nc2n1.NCCc1cnc[nH]1.Nc1nc(NCCc2cnc[nH]2)nc2nc(-c3ccco3)nn12. The molecule has 8 aromatic heterocycles. The molecule has 0 amide bonds. The zero-order chi connectivity index (χ0) is 35.1. The fraction of sp³-hybridized carbons (Fsp3) is 0.185. The van der Waals surface area contributed by atoms with Gasteiger partial charge in [-0.3, -0.25) is 0 Å². The van der Waals surface area contributed by atoms with Gasteiger partial charge in [0, 0.05) is 49.4 Å². The Morgan fingerprint density at radius 3 is 1.84 bits per heavy atom. The largest absolute Gasteiger partial charge is 0.461 e. The van der Waals surface area contributed by atoms with Gasteiger partial charge in [0.1, 0.15) is 0 Å². The Balaban J connectivity index is 0.000000144. The second-order valence-corrected chi connectivity index (χ2v) is 12.1. The summed E-state index contributed by atoms with van der Waals surface area (Å²) in [5, 5.41) is 11.0. The number of nitrogens with one attached hydrogen (secondary N) is 3. The Kier molecular flexibility index (Phi) is 9.66. The lowest BCUT2D eigenvalue weighted by molar-refractivity contribution is 0.577. The van der Waals surface area contributed by atoms with Crippen molar-refractivity contribution in [1.29, 1.82) is 0 Å². The average Bonchev–Trinajstić information content (AvgIpc) is 3.93. The Bertz CT molecular complexity index is 2370. The predicted octanol–water partition coefficient (Wildman–Crippen LogP) is 0.415. The van der Waals surface area contributed by atoms with Crippen LogP contribution in [0.5, 0.6) is 0 Å². The van der Waals surface area contributed by atoms with E-state index in [4.69, 9.17) is 26.0 Å². The van der Waals surface area contributed by atoms with Crippen molar-refractivity contribution in [3.63, 3.8) is 0 Å². The molecule has 0 aliphatic heterocycles. The summed E-state index contributed by atoms with van der Waals surface area (Å²) in [6.45, 7) is 1.32. The number of H-pyrrole nitrogens is 2. The first-order valence-corrected chi connectivity index (χ1v) is 16.5. The number of fused-ring (bicyclic) bond motifs is 2. The van der Waals surface area contributed by atoms with Gasteiger partial charge < -0.3 is 41.3 Å². The summed E-state index contributed by atoms with van der Waals surface area (Å²) in [5.74, 6) is 2.50. The van der Waals surface area contributed by atoms with Crippen molar-refractivity contribution in [1.82, 2.24) is 69.1 Å². The van der Waals surface area contributed by atoms with E-state index in [-0.39, 0.29) is 23.5 Å². The first-order chi connectivity index (χ1) is 24.2. The number of nitrogens with zero attached hydrogens (tertiary/aromatic N) is 12. The summed E-state index contributed by atoms with van der Waals surface area (Å²) in [7, 11) is -3.57. The van der Waals surface area contributed by atoms with Crippen molar-refractivity contribution < 1.29 is 17.3 Å². The molecule has 9 N–H and O–H groups in total. The second-order valence-electron chi connectivity index (χ2n) is 10.2. The number of sulfone groups is 1. The Morgan fingerprint density at radius 2 is 1.34 bits per heavy atom. The van der Waals surface area contributed by atoms with E-state index in [9.17, 15) is 8.42 Å². The summed E-state index contributed by atoms with van der Waals surface area (Å²) in [6.07, 6.45) is 12.5. The van der Waals surface area contributed by atoms with Crippen LogP contribution in [0.15, 0.2) is 75.8 Å². The van der Waals surface area contributed by atoms with Crippen LogP contribution in [0.3, 0.4) is 0 Å². The first kappa shape index (κ1) is 33.2. The number of rotatable bonds is 9. The van der Waals surface area contributed by atoms with Crippen molar-refractivity contribution in [2.45, 2.75) is 18.0 Å². The summed E-state index contributed by atoms with van der Waals surface area (Å²) < 4.78 is 35.7. The maximum atomic E-state index is 11.4. The van der Waals surface area contributed by atoms with Crippen molar-refractivity contribution >= 4 is 39.2 Å². The Morgan fingerprint density at radius 1 is 0.780 bits per heavy atom. The van der Waals surface area contributed by atoms with E-state index in [1.165, 1.54) is 10.8 Å². The van der Waals surface area contributed by atoms with Gasteiger partial charge in [-0.1, -0.05) is 0 Å². The molecular formula is C27H30N18O4S. The third-order valence-corrected chi connectivity index (χ3v) is 7.31. The summed E-state index contributed by atoms with van der Waals surface area (Å²) in [6, 6.07) is 6.87. The van der Waals surface area contributed by atoms with Crippen LogP contribution in [0.4, 0.5) is 17.8 Å². The maximum Gasteiger partial charge on any atom is 0.259 e. The van der Waals surface area contributed by atoms with Crippen LogP contribution in [-0.2, 0) is 22.7 Å². The van der Waals surface area contributed by atoms with E-state index in [0.29, 0.717) is 42.2 Å². The van der Waals surface area contributed by atoms with Gasteiger partial charge in [0.15, 0.2) is 11.5 Å². The fourth-order valence-electron chi connectivity index (χ4n) is 4.16. The number of nitrogen functional groups attached to an aromatic ring is 2. The molecule has 0 aliphatic carbocycles. The van der Waals surface area contributed by atoms with Gasteiger partial charge in [-0.25, -0.2) is 18.4 Å². The van der Waals surface area contributed by atoms with Gasteiger partial charge in [0.25, 0.3) is 16.7 Å². The second kappa shape index (κ2) is 14.6. The van der Waals surface area contributed by atoms with Gasteiger partial charge >= 0.3 is 0 Å². The fourth-order valence-corrected chi connectivity index (χ4v) is 4.67. The molecule has 0 aliphatic rings. The normalized spacial score (nSPS) is 11.2. The lowest BCUT2D eigenvalue weighted by Crippen LogP contribution is -2.12. The highest BCUT2D eigenvalue weighted by molar-refractivity contribution is 7.90. The molecule has 23 heteroatoms. The molecule has 22 nitrogen and oxygen atoms in total. The van der Waals surface area contributed by atoms with E-state index < -0.39 is 15.0 Å². The standard InChI is InChI=1S/C13H13N9O.C9H8N6O3S.C5H9N3/c14-11-19-12(16-4-3-8-6-15-7-17-8)20-13-18-10(21-22(11)13)9-2-1-5-23-9;1-19(16,17)9-12-7(10)15-8(13-9)11-6(14-15)5-3-2-4-18-5;6-2-1-5-3-7-4-8-5/h1-2,5-7H,3-4H2,(H,15,17)(H3,14,16,18,19,20,21);2-4H,1H3,(H2,10,11,12,13,14);3-4H,1-2,6H2,(H,7,8). The number of imidazole rings is 2. The highest BCUT2D eigenvalue weighted by atomic mass is 32.2. The van der Waals surface area contributed by atoms with E-state index in [2.05, 4.69) is 65.4 Å². The molecule has 0 saturated heterocycles. The minimum Gasteiger partial charge on any atom is -0.461 e. The zero-order valence-electron chi connectivity index (χ0n) is 26.2. The number of anilines is 3. The molecule has 0 spiro atoms. The molecular weight excluding hydrogens is 672 g/mol. The van der Waals surface area contributed by atoms with Gasteiger partial charge in [-0.05, 0) is 30.8 Å². The van der Waals surface area contributed by atoms with Crippen LogP contribution >= 0.6 is 0 Å². The van der Waals surface area contributed by atoms with Crippen molar-refractivity contribution in [3.8, 4) is 23.2 Å².